The fourth-order valence-corrected chi connectivity index (χ4v) is 2.81. The molecule has 0 saturated heterocycles. The third-order valence-electron chi connectivity index (χ3n) is 4.18. The van der Waals surface area contributed by atoms with E-state index in [0.29, 0.717) is 47.4 Å². The van der Waals surface area contributed by atoms with E-state index in [4.69, 9.17) is 8.83 Å². The molecule has 0 fully saturated rings. The second kappa shape index (κ2) is 6.93. The fraction of sp³-hybridized carbons (Fsp3) is 0.222. The van der Waals surface area contributed by atoms with Crippen LogP contribution in [0.4, 0.5) is 0 Å². The second-order valence-corrected chi connectivity index (χ2v) is 5.97. The number of hydrogen-bond donors (Lipinski definition) is 2. The predicted molar refractivity (Wildman–Crippen MR) is 93.3 cm³/mol. The van der Waals surface area contributed by atoms with Crippen molar-refractivity contribution in [2.45, 2.75) is 20.0 Å². The first kappa shape index (κ1) is 16.2. The zero-order chi connectivity index (χ0) is 17.9. The Balaban J connectivity index is 1.52. The molecule has 0 aliphatic rings. The summed E-state index contributed by atoms with van der Waals surface area (Å²) in [6.07, 6.45) is 1.56. The van der Waals surface area contributed by atoms with Crippen molar-refractivity contribution in [2.24, 2.45) is 0 Å². The summed E-state index contributed by atoms with van der Waals surface area (Å²) >= 11 is 0. The minimum absolute atomic E-state index is 0.126. The maximum atomic E-state index is 12.2. The Morgan fingerprint density at radius 2 is 2.00 bits per heavy atom. The van der Waals surface area contributed by atoms with Crippen molar-refractivity contribution < 1.29 is 13.7 Å². The zero-order valence-electron chi connectivity index (χ0n) is 14.2. The van der Waals surface area contributed by atoms with Crippen LogP contribution < -0.4 is 10.5 Å². The lowest BCUT2D eigenvalue weighted by molar-refractivity contribution is -0.927. The summed E-state index contributed by atoms with van der Waals surface area (Å²) in [5.74, 6) is 2.05. The maximum Gasteiger partial charge on any atom is 0.283 e. The van der Waals surface area contributed by atoms with E-state index in [1.165, 1.54) is 0 Å². The van der Waals surface area contributed by atoms with Crippen LogP contribution in [0.25, 0.3) is 22.6 Å². The smallest absolute Gasteiger partial charge is 0.283 e. The Kier molecular flexibility index (Phi) is 4.32. The number of rotatable bonds is 6. The lowest BCUT2D eigenvalue weighted by atomic mass is 10.2. The van der Waals surface area contributed by atoms with Crippen molar-refractivity contribution in [1.29, 1.82) is 0 Å². The maximum absolute atomic E-state index is 12.2. The van der Waals surface area contributed by atoms with Crippen LogP contribution in [0.1, 0.15) is 18.6 Å². The summed E-state index contributed by atoms with van der Waals surface area (Å²) in [6, 6.07) is 10.8. The van der Waals surface area contributed by atoms with Crippen molar-refractivity contribution >= 4 is 10.9 Å². The molecule has 132 valence electrons. The van der Waals surface area contributed by atoms with Crippen molar-refractivity contribution in [3.8, 4) is 11.7 Å². The first-order chi connectivity index (χ1) is 12.7. The standard InChI is InChI=1S/C18H17N5O3/c1-2-23(11-16-21-22-18(26-16)14-8-5-9-25-14)10-15-19-13-7-4-3-6-12(13)17(24)20-15/h3-9H,2,10-11H2,1H3,(H,19,20,24)/p+1. The van der Waals surface area contributed by atoms with E-state index in [2.05, 4.69) is 27.1 Å². The summed E-state index contributed by atoms with van der Waals surface area (Å²) in [7, 11) is 0. The van der Waals surface area contributed by atoms with Crippen LogP contribution in [-0.4, -0.2) is 26.7 Å². The van der Waals surface area contributed by atoms with Crippen molar-refractivity contribution in [3.63, 3.8) is 0 Å². The number of benzene rings is 1. The molecule has 4 rings (SSSR count). The lowest BCUT2D eigenvalue weighted by Gasteiger charge is -2.15. The quantitative estimate of drug-likeness (QED) is 0.540. The number of nitrogens with zero attached hydrogens (tertiary/aromatic N) is 3. The van der Waals surface area contributed by atoms with E-state index in [9.17, 15) is 4.79 Å². The highest BCUT2D eigenvalue weighted by Gasteiger charge is 2.17. The molecule has 0 spiro atoms. The largest absolute Gasteiger partial charge is 0.459 e. The highest BCUT2D eigenvalue weighted by molar-refractivity contribution is 5.77. The fourth-order valence-electron chi connectivity index (χ4n) is 2.81. The molecule has 0 radical (unpaired) electrons. The Morgan fingerprint density at radius 1 is 1.12 bits per heavy atom. The Labute approximate surface area is 148 Å². The van der Waals surface area contributed by atoms with Gasteiger partial charge >= 0.3 is 0 Å². The number of aromatic nitrogens is 4. The molecule has 2 N–H and O–H groups in total. The number of aromatic amines is 1. The molecule has 26 heavy (non-hydrogen) atoms. The van der Waals surface area contributed by atoms with Gasteiger partial charge in [0.1, 0.15) is 6.54 Å². The van der Waals surface area contributed by atoms with E-state index in [1.807, 2.05) is 18.2 Å². The van der Waals surface area contributed by atoms with Gasteiger partial charge in [-0.25, -0.2) is 4.98 Å². The van der Waals surface area contributed by atoms with Gasteiger partial charge in [0, 0.05) is 0 Å². The average molecular weight is 352 g/mol. The van der Waals surface area contributed by atoms with Crippen LogP contribution in [-0.2, 0) is 13.1 Å². The van der Waals surface area contributed by atoms with Crippen molar-refractivity contribution in [3.05, 3.63) is 64.7 Å². The molecule has 1 aromatic carbocycles. The van der Waals surface area contributed by atoms with Gasteiger partial charge in [-0.15, -0.1) is 10.2 Å². The molecule has 0 saturated carbocycles. The predicted octanol–water partition coefficient (Wildman–Crippen LogP) is 1.17. The average Bonchev–Trinajstić information content (AvgIpc) is 3.33. The highest BCUT2D eigenvalue weighted by atomic mass is 16.4. The van der Waals surface area contributed by atoms with E-state index in [1.54, 1.807) is 24.5 Å². The molecule has 0 amide bonds. The Morgan fingerprint density at radius 3 is 2.81 bits per heavy atom. The normalized spacial score (nSPS) is 12.5. The molecule has 8 nitrogen and oxygen atoms in total. The third-order valence-corrected chi connectivity index (χ3v) is 4.18. The second-order valence-electron chi connectivity index (χ2n) is 5.97. The van der Waals surface area contributed by atoms with Gasteiger partial charge in [-0.2, -0.15) is 0 Å². The van der Waals surface area contributed by atoms with Crippen LogP contribution in [0.5, 0.6) is 0 Å². The number of H-pyrrole nitrogens is 1. The minimum atomic E-state index is -0.126. The molecule has 1 atom stereocenters. The number of hydrogen-bond acceptors (Lipinski definition) is 6. The van der Waals surface area contributed by atoms with Crippen LogP contribution in [0.15, 0.2) is 56.3 Å². The molecule has 1 unspecified atom stereocenters. The Hall–Kier alpha value is -3.26. The number of para-hydroxylation sites is 1. The van der Waals surface area contributed by atoms with Crippen LogP contribution in [0.2, 0.25) is 0 Å². The van der Waals surface area contributed by atoms with Gasteiger partial charge in [-0.05, 0) is 31.2 Å². The summed E-state index contributed by atoms with van der Waals surface area (Å²) in [5, 5.41) is 8.68. The van der Waals surface area contributed by atoms with Gasteiger partial charge in [-0.3, -0.25) is 4.79 Å². The topological polar surface area (TPSA) is 102 Å². The third kappa shape index (κ3) is 3.27. The monoisotopic (exact) mass is 352 g/mol. The summed E-state index contributed by atoms with van der Waals surface area (Å²) in [4.78, 5) is 20.8. The molecule has 0 bridgehead atoms. The number of furan rings is 1. The van der Waals surface area contributed by atoms with E-state index in [-0.39, 0.29) is 5.56 Å². The van der Waals surface area contributed by atoms with Gasteiger partial charge in [-0.1, -0.05) is 12.1 Å². The first-order valence-corrected chi connectivity index (χ1v) is 8.40. The van der Waals surface area contributed by atoms with Crippen LogP contribution in [0, 0.1) is 0 Å². The van der Waals surface area contributed by atoms with Gasteiger partial charge in [0.05, 0.1) is 23.7 Å². The molecule has 4 aromatic rings. The van der Waals surface area contributed by atoms with Gasteiger partial charge in [0.15, 0.2) is 18.1 Å². The summed E-state index contributed by atoms with van der Waals surface area (Å²) < 4.78 is 10.9. The van der Waals surface area contributed by atoms with Gasteiger partial charge in [0.2, 0.25) is 0 Å². The van der Waals surface area contributed by atoms with Crippen molar-refractivity contribution in [1.82, 2.24) is 20.2 Å². The van der Waals surface area contributed by atoms with E-state index >= 15 is 0 Å². The van der Waals surface area contributed by atoms with E-state index < -0.39 is 0 Å². The number of quaternary nitrogens is 1. The molecular formula is C18H18N5O3+. The van der Waals surface area contributed by atoms with E-state index in [0.717, 1.165) is 11.4 Å². The molecular weight excluding hydrogens is 334 g/mol. The highest BCUT2D eigenvalue weighted by Crippen LogP contribution is 2.17. The lowest BCUT2D eigenvalue weighted by Crippen LogP contribution is -3.09. The number of nitrogens with one attached hydrogen (secondary N) is 2. The summed E-state index contributed by atoms with van der Waals surface area (Å²) in [5.41, 5.74) is 0.568. The van der Waals surface area contributed by atoms with Gasteiger partial charge < -0.3 is 18.7 Å². The molecule has 8 heteroatoms. The molecule has 0 aliphatic carbocycles. The van der Waals surface area contributed by atoms with Crippen LogP contribution >= 0.6 is 0 Å². The summed E-state index contributed by atoms with van der Waals surface area (Å²) in [6.45, 7) is 3.95. The van der Waals surface area contributed by atoms with Crippen molar-refractivity contribution in [2.75, 3.05) is 6.54 Å². The number of fused-ring (bicyclic) bond motifs is 1. The first-order valence-electron chi connectivity index (χ1n) is 8.40. The SMILES string of the molecule is CC[NH+](Cc1nc2ccccc2c(=O)[nH]1)Cc1nnc(-c2ccco2)o1. The zero-order valence-corrected chi connectivity index (χ0v) is 14.2. The molecule has 0 aliphatic heterocycles. The molecule has 3 aromatic heterocycles. The minimum Gasteiger partial charge on any atom is -0.459 e. The van der Waals surface area contributed by atoms with Gasteiger partial charge in [0.25, 0.3) is 17.3 Å². The van der Waals surface area contributed by atoms with Crippen LogP contribution in [0.3, 0.4) is 0 Å². The Bertz CT molecular complexity index is 1070. The molecule has 3 heterocycles.